The first kappa shape index (κ1) is 17.1. The first-order chi connectivity index (χ1) is 9.93. The molecule has 1 aromatic rings. The van der Waals surface area contributed by atoms with Crippen molar-refractivity contribution in [1.82, 2.24) is 0 Å². The van der Waals surface area contributed by atoms with E-state index in [1.807, 2.05) is 30.3 Å². The maximum atomic E-state index is 5.49. The first-order valence-electron chi connectivity index (χ1n) is 6.98. The van der Waals surface area contributed by atoms with E-state index in [0.29, 0.717) is 59.4 Å². The zero-order valence-corrected chi connectivity index (χ0v) is 12.0. The van der Waals surface area contributed by atoms with Crippen LogP contribution in [-0.2, 0) is 25.6 Å². The van der Waals surface area contributed by atoms with E-state index in [1.165, 1.54) is 5.56 Å². The highest BCUT2D eigenvalue weighted by Gasteiger charge is 1.93. The van der Waals surface area contributed by atoms with Gasteiger partial charge in [-0.25, -0.2) is 0 Å². The minimum absolute atomic E-state index is 0.548. The third-order valence-corrected chi connectivity index (χ3v) is 2.49. The van der Waals surface area contributed by atoms with Crippen molar-refractivity contribution >= 4 is 0 Å². The van der Waals surface area contributed by atoms with Gasteiger partial charge in [0.2, 0.25) is 0 Å². The quantitative estimate of drug-likeness (QED) is 0.551. The van der Waals surface area contributed by atoms with Crippen LogP contribution in [0.5, 0.6) is 0 Å². The molecule has 0 bridgehead atoms. The molecule has 0 aliphatic heterocycles. The minimum atomic E-state index is 0.548. The summed E-state index contributed by atoms with van der Waals surface area (Å²) >= 11 is 0. The predicted molar refractivity (Wildman–Crippen MR) is 77.6 cm³/mol. The summed E-state index contributed by atoms with van der Waals surface area (Å²) in [6.07, 6.45) is 0. The lowest BCUT2D eigenvalue weighted by Gasteiger charge is -2.07. The number of benzene rings is 1. The average molecular weight is 283 g/mol. The van der Waals surface area contributed by atoms with Gasteiger partial charge in [-0.05, 0) is 5.56 Å². The summed E-state index contributed by atoms with van der Waals surface area (Å²) in [5, 5.41) is 0. The molecule has 0 amide bonds. The standard InChI is InChI=1S/C15H25NO4/c16-6-7-17-8-9-18-10-11-19-12-13-20-14-15-4-2-1-3-5-15/h1-5H,6-14,16H2. The molecule has 0 aliphatic rings. The van der Waals surface area contributed by atoms with Crippen molar-refractivity contribution in [3.8, 4) is 0 Å². The Hall–Kier alpha value is -0.980. The normalized spacial score (nSPS) is 10.8. The summed E-state index contributed by atoms with van der Waals surface area (Å²) in [7, 11) is 0. The fourth-order valence-electron chi connectivity index (χ4n) is 1.51. The third-order valence-electron chi connectivity index (χ3n) is 2.49. The van der Waals surface area contributed by atoms with Crippen molar-refractivity contribution in [2.75, 3.05) is 52.8 Å². The SMILES string of the molecule is NCCOCCOCCOCCOCc1ccccc1. The van der Waals surface area contributed by atoms with Gasteiger partial charge in [-0.2, -0.15) is 0 Å². The van der Waals surface area contributed by atoms with Gasteiger partial charge < -0.3 is 24.7 Å². The summed E-state index contributed by atoms with van der Waals surface area (Å²) in [5.41, 5.74) is 6.46. The minimum Gasteiger partial charge on any atom is -0.378 e. The van der Waals surface area contributed by atoms with Crippen molar-refractivity contribution < 1.29 is 18.9 Å². The molecule has 2 N–H and O–H groups in total. The van der Waals surface area contributed by atoms with Crippen LogP contribution >= 0.6 is 0 Å². The summed E-state index contributed by atoms with van der Waals surface area (Å²) in [4.78, 5) is 0. The van der Waals surface area contributed by atoms with Gasteiger partial charge in [-0.1, -0.05) is 30.3 Å². The van der Waals surface area contributed by atoms with E-state index >= 15 is 0 Å². The molecule has 114 valence electrons. The molecule has 0 saturated heterocycles. The molecule has 0 heterocycles. The summed E-state index contributed by atoms with van der Waals surface area (Å²) < 4.78 is 21.4. The van der Waals surface area contributed by atoms with E-state index in [2.05, 4.69) is 0 Å². The van der Waals surface area contributed by atoms with Crippen LogP contribution in [-0.4, -0.2) is 52.8 Å². The zero-order chi connectivity index (χ0) is 14.3. The largest absolute Gasteiger partial charge is 0.378 e. The Morgan fingerprint density at radius 2 is 1.15 bits per heavy atom. The number of rotatable bonds is 13. The summed E-state index contributed by atoms with van der Waals surface area (Å²) in [6.45, 7) is 5.24. The molecule has 5 heteroatoms. The number of nitrogens with two attached hydrogens (primary N) is 1. The Kier molecular flexibility index (Phi) is 11.1. The monoisotopic (exact) mass is 283 g/mol. The van der Waals surface area contributed by atoms with E-state index in [1.54, 1.807) is 0 Å². The average Bonchev–Trinajstić information content (AvgIpc) is 2.49. The maximum absolute atomic E-state index is 5.49. The van der Waals surface area contributed by atoms with Gasteiger partial charge in [0.1, 0.15) is 0 Å². The second-order valence-electron chi connectivity index (χ2n) is 4.16. The van der Waals surface area contributed by atoms with Crippen molar-refractivity contribution in [3.63, 3.8) is 0 Å². The molecule has 0 saturated carbocycles. The zero-order valence-electron chi connectivity index (χ0n) is 12.0. The Bertz CT molecular complexity index is 308. The Labute approximate surface area is 121 Å². The highest BCUT2D eigenvalue weighted by molar-refractivity contribution is 5.13. The summed E-state index contributed by atoms with van der Waals surface area (Å²) in [5.74, 6) is 0. The fraction of sp³-hybridized carbons (Fsp3) is 0.600. The molecule has 0 radical (unpaired) electrons. The second kappa shape index (κ2) is 13.0. The van der Waals surface area contributed by atoms with E-state index in [9.17, 15) is 0 Å². The van der Waals surface area contributed by atoms with Gasteiger partial charge in [0.15, 0.2) is 0 Å². The Morgan fingerprint density at radius 3 is 1.70 bits per heavy atom. The number of hydrogen-bond donors (Lipinski definition) is 1. The lowest BCUT2D eigenvalue weighted by atomic mass is 10.2. The van der Waals surface area contributed by atoms with Crippen LogP contribution in [0, 0.1) is 0 Å². The topological polar surface area (TPSA) is 62.9 Å². The van der Waals surface area contributed by atoms with Gasteiger partial charge >= 0.3 is 0 Å². The molecule has 5 nitrogen and oxygen atoms in total. The number of hydrogen-bond acceptors (Lipinski definition) is 5. The van der Waals surface area contributed by atoms with E-state index in [0.717, 1.165) is 0 Å². The van der Waals surface area contributed by atoms with Crippen LogP contribution in [0.1, 0.15) is 5.56 Å². The van der Waals surface area contributed by atoms with Crippen LogP contribution in [0.3, 0.4) is 0 Å². The molecule has 0 unspecified atom stereocenters. The first-order valence-corrected chi connectivity index (χ1v) is 6.98. The van der Waals surface area contributed by atoms with Crippen molar-refractivity contribution in [3.05, 3.63) is 35.9 Å². The van der Waals surface area contributed by atoms with Crippen LogP contribution in [0.25, 0.3) is 0 Å². The van der Waals surface area contributed by atoms with E-state index in [4.69, 9.17) is 24.7 Å². The highest BCUT2D eigenvalue weighted by Crippen LogP contribution is 1.99. The van der Waals surface area contributed by atoms with Crippen LogP contribution in [0.2, 0.25) is 0 Å². The molecular weight excluding hydrogens is 258 g/mol. The molecule has 1 rings (SSSR count). The van der Waals surface area contributed by atoms with Gasteiger partial charge in [0, 0.05) is 6.54 Å². The van der Waals surface area contributed by atoms with Crippen LogP contribution in [0.4, 0.5) is 0 Å². The van der Waals surface area contributed by atoms with Gasteiger partial charge in [-0.3, -0.25) is 0 Å². The van der Waals surface area contributed by atoms with Gasteiger partial charge in [0.05, 0.1) is 52.9 Å². The second-order valence-corrected chi connectivity index (χ2v) is 4.16. The maximum Gasteiger partial charge on any atom is 0.0718 e. The lowest BCUT2D eigenvalue weighted by Crippen LogP contribution is -2.14. The van der Waals surface area contributed by atoms with Crippen molar-refractivity contribution in [2.24, 2.45) is 5.73 Å². The molecule has 1 aromatic carbocycles. The Morgan fingerprint density at radius 1 is 0.650 bits per heavy atom. The molecule has 0 aromatic heterocycles. The van der Waals surface area contributed by atoms with E-state index in [-0.39, 0.29) is 0 Å². The predicted octanol–water partition coefficient (Wildman–Crippen LogP) is 1.21. The molecule has 0 atom stereocenters. The summed E-state index contributed by atoms with van der Waals surface area (Å²) in [6, 6.07) is 10.1. The molecule has 0 spiro atoms. The van der Waals surface area contributed by atoms with Gasteiger partial charge in [-0.15, -0.1) is 0 Å². The van der Waals surface area contributed by atoms with Gasteiger partial charge in [0.25, 0.3) is 0 Å². The smallest absolute Gasteiger partial charge is 0.0718 e. The van der Waals surface area contributed by atoms with Crippen LogP contribution < -0.4 is 5.73 Å². The third kappa shape index (κ3) is 9.89. The van der Waals surface area contributed by atoms with Crippen molar-refractivity contribution in [1.29, 1.82) is 0 Å². The molecule has 0 aliphatic carbocycles. The highest BCUT2D eigenvalue weighted by atomic mass is 16.6. The molecular formula is C15H25NO4. The van der Waals surface area contributed by atoms with E-state index < -0.39 is 0 Å². The molecule has 0 fully saturated rings. The molecule has 20 heavy (non-hydrogen) atoms. The fourth-order valence-corrected chi connectivity index (χ4v) is 1.51. The Balaban J connectivity index is 1.77. The number of ether oxygens (including phenoxy) is 4. The van der Waals surface area contributed by atoms with Crippen molar-refractivity contribution in [2.45, 2.75) is 6.61 Å². The van der Waals surface area contributed by atoms with Crippen LogP contribution in [0.15, 0.2) is 30.3 Å². The lowest BCUT2D eigenvalue weighted by molar-refractivity contribution is -0.00335.